The Hall–Kier alpha value is -2.37. The van der Waals surface area contributed by atoms with Crippen LogP contribution in [0.25, 0.3) is 22.2 Å². The summed E-state index contributed by atoms with van der Waals surface area (Å²) in [5.74, 6) is 1.95. The summed E-state index contributed by atoms with van der Waals surface area (Å²) in [5.41, 5.74) is 3.41. The fraction of sp³-hybridized carbons (Fsp3) is 0.300. The van der Waals surface area contributed by atoms with Gasteiger partial charge in [-0.2, -0.15) is 0 Å². The second kappa shape index (κ2) is 6.41. The molecule has 132 valence electrons. The minimum absolute atomic E-state index is 0.348. The molecule has 0 atom stereocenters. The molecule has 1 saturated heterocycles. The van der Waals surface area contributed by atoms with Crippen LogP contribution in [0.4, 0.5) is 0 Å². The van der Waals surface area contributed by atoms with Gasteiger partial charge in [-0.05, 0) is 56.3 Å². The number of aromatic nitrogens is 2. The molecule has 2 aromatic heterocycles. The number of likely N-dealkylation sites (tertiary alicyclic amines) is 1. The van der Waals surface area contributed by atoms with Crippen molar-refractivity contribution in [1.82, 2.24) is 14.9 Å². The Labute approximate surface area is 155 Å². The van der Waals surface area contributed by atoms with Crippen LogP contribution in [0, 0.1) is 0 Å². The van der Waals surface area contributed by atoms with Gasteiger partial charge in [-0.3, -0.25) is 4.90 Å². The van der Waals surface area contributed by atoms with Crippen LogP contribution in [-0.4, -0.2) is 28.0 Å². The molecular weight excluding hydrogens is 350 g/mol. The van der Waals surface area contributed by atoms with Crippen LogP contribution >= 0.6 is 11.6 Å². The van der Waals surface area contributed by atoms with Crippen molar-refractivity contribution in [3.63, 3.8) is 0 Å². The number of fused-ring (bicyclic) bond motifs is 2. The lowest BCUT2D eigenvalue weighted by atomic mass is 9.97. The van der Waals surface area contributed by atoms with Gasteiger partial charge >= 0.3 is 0 Å². The van der Waals surface area contributed by atoms with Gasteiger partial charge in [-0.25, -0.2) is 9.97 Å². The van der Waals surface area contributed by atoms with E-state index in [1.807, 2.05) is 42.5 Å². The van der Waals surface area contributed by atoms with Crippen LogP contribution in [0.5, 0.6) is 0 Å². The average Bonchev–Trinajstić information content (AvgIpc) is 3.25. The van der Waals surface area contributed by atoms with Crippen molar-refractivity contribution in [1.29, 1.82) is 0 Å². The van der Waals surface area contributed by atoms with Gasteiger partial charge in [-0.15, -0.1) is 0 Å². The molecule has 1 fully saturated rings. The molecule has 0 aliphatic carbocycles. The molecule has 0 spiro atoms. The number of benzene rings is 2. The van der Waals surface area contributed by atoms with Crippen LogP contribution in [-0.2, 0) is 6.54 Å². The quantitative estimate of drug-likeness (QED) is 0.510. The minimum Gasteiger partial charge on any atom is -0.440 e. The van der Waals surface area contributed by atoms with Gasteiger partial charge in [0.25, 0.3) is 0 Å². The van der Waals surface area contributed by atoms with Gasteiger partial charge < -0.3 is 8.83 Å². The van der Waals surface area contributed by atoms with Crippen molar-refractivity contribution in [2.24, 2.45) is 0 Å². The fourth-order valence-corrected chi connectivity index (χ4v) is 3.78. The van der Waals surface area contributed by atoms with Gasteiger partial charge in [0.1, 0.15) is 11.0 Å². The zero-order valence-corrected chi connectivity index (χ0v) is 14.9. The maximum atomic E-state index is 6.04. The number of hydrogen-bond acceptors (Lipinski definition) is 5. The second-order valence-corrected chi connectivity index (χ2v) is 7.23. The SMILES string of the molecule is Clc1ccc2oc(C3CCN(Cc4nc5ccccc5o4)CC3)nc2c1. The van der Waals surface area contributed by atoms with E-state index in [0.29, 0.717) is 10.9 Å². The summed E-state index contributed by atoms with van der Waals surface area (Å²) in [6, 6.07) is 13.5. The number of nitrogens with zero attached hydrogens (tertiary/aromatic N) is 3. The zero-order valence-electron chi connectivity index (χ0n) is 14.2. The summed E-state index contributed by atoms with van der Waals surface area (Å²) in [6.07, 6.45) is 2.03. The number of piperidine rings is 1. The Bertz CT molecular complexity index is 1030. The van der Waals surface area contributed by atoms with Crippen molar-refractivity contribution in [2.45, 2.75) is 25.3 Å². The first-order chi connectivity index (χ1) is 12.7. The number of hydrogen-bond donors (Lipinski definition) is 0. The predicted molar refractivity (Wildman–Crippen MR) is 100 cm³/mol. The van der Waals surface area contributed by atoms with E-state index in [0.717, 1.165) is 66.5 Å². The van der Waals surface area contributed by atoms with E-state index in [-0.39, 0.29) is 0 Å². The molecule has 5 nitrogen and oxygen atoms in total. The van der Waals surface area contributed by atoms with E-state index in [1.54, 1.807) is 0 Å². The van der Waals surface area contributed by atoms with Crippen LogP contribution in [0.15, 0.2) is 51.3 Å². The lowest BCUT2D eigenvalue weighted by Gasteiger charge is -2.29. The van der Waals surface area contributed by atoms with Gasteiger partial charge in [0.15, 0.2) is 17.1 Å². The summed E-state index contributed by atoms with van der Waals surface area (Å²) >= 11 is 6.04. The third-order valence-electron chi connectivity index (χ3n) is 5.00. The van der Waals surface area contributed by atoms with Crippen LogP contribution in [0.3, 0.4) is 0 Å². The summed E-state index contributed by atoms with van der Waals surface area (Å²) < 4.78 is 11.8. The third-order valence-corrected chi connectivity index (χ3v) is 5.24. The molecule has 0 bridgehead atoms. The Morgan fingerprint density at radius 2 is 1.77 bits per heavy atom. The molecule has 0 radical (unpaired) electrons. The molecule has 2 aromatic carbocycles. The molecular formula is C20H18ClN3O2. The summed E-state index contributed by atoms with van der Waals surface area (Å²) in [6.45, 7) is 2.69. The van der Waals surface area contributed by atoms with Gasteiger partial charge in [0.2, 0.25) is 5.89 Å². The largest absolute Gasteiger partial charge is 0.440 e. The lowest BCUT2D eigenvalue weighted by molar-refractivity contribution is 0.180. The maximum absolute atomic E-state index is 6.04. The van der Waals surface area contributed by atoms with Crippen LogP contribution in [0.2, 0.25) is 5.02 Å². The minimum atomic E-state index is 0.348. The third kappa shape index (κ3) is 2.97. The van der Waals surface area contributed by atoms with E-state index in [1.165, 1.54) is 0 Å². The monoisotopic (exact) mass is 367 g/mol. The standard InChI is InChI=1S/C20H18ClN3O2/c21-14-5-6-18-16(11-14)23-20(26-18)13-7-9-24(10-8-13)12-19-22-15-3-1-2-4-17(15)25-19/h1-6,11,13H,7-10,12H2. The topological polar surface area (TPSA) is 55.3 Å². The van der Waals surface area contributed by atoms with E-state index in [2.05, 4.69) is 14.9 Å². The van der Waals surface area contributed by atoms with E-state index in [4.69, 9.17) is 20.4 Å². The van der Waals surface area contributed by atoms with Crippen molar-refractivity contribution in [2.75, 3.05) is 13.1 Å². The summed E-state index contributed by atoms with van der Waals surface area (Å²) in [4.78, 5) is 11.6. The lowest BCUT2D eigenvalue weighted by Crippen LogP contribution is -2.32. The predicted octanol–water partition coefficient (Wildman–Crippen LogP) is 5.00. The Kier molecular flexibility index (Phi) is 3.91. The molecule has 0 unspecified atom stereocenters. The smallest absolute Gasteiger partial charge is 0.209 e. The Morgan fingerprint density at radius 3 is 2.62 bits per heavy atom. The second-order valence-electron chi connectivity index (χ2n) is 6.79. The zero-order chi connectivity index (χ0) is 17.5. The first-order valence-electron chi connectivity index (χ1n) is 8.87. The number of rotatable bonds is 3. The number of para-hydroxylation sites is 2. The highest BCUT2D eigenvalue weighted by Gasteiger charge is 2.25. The van der Waals surface area contributed by atoms with Gasteiger partial charge in [-0.1, -0.05) is 23.7 Å². The van der Waals surface area contributed by atoms with Crippen molar-refractivity contribution >= 4 is 33.8 Å². The first kappa shape index (κ1) is 15.9. The van der Waals surface area contributed by atoms with E-state index < -0.39 is 0 Å². The molecule has 1 aliphatic rings. The molecule has 3 heterocycles. The Balaban J connectivity index is 1.26. The maximum Gasteiger partial charge on any atom is 0.209 e. The van der Waals surface area contributed by atoms with Gasteiger partial charge in [0.05, 0.1) is 6.54 Å². The molecule has 0 saturated carbocycles. The highest BCUT2D eigenvalue weighted by Crippen LogP contribution is 2.31. The molecule has 4 aromatic rings. The molecule has 1 aliphatic heterocycles. The molecule has 6 heteroatoms. The Morgan fingerprint density at radius 1 is 0.962 bits per heavy atom. The van der Waals surface area contributed by atoms with Crippen LogP contribution < -0.4 is 0 Å². The van der Waals surface area contributed by atoms with E-state index in [9.17, 15) is 0 Å². The number of oxazole rings is 2. The first-order valence-corrected chi connectivity index (χ1v) is 9.25. The summed E-state index contributed by atoms with van der Waals surface area (Å²) in [7, 11) is 0. The molecule has 0 N–H and O–H groups in total. The molecule has 5 rings (SSSR count). The highest BCUT2D eigenvalue weighted by atomic mass is 35.5. The van der Waals surface area contributed by atoms with Crippen molar-refractivity contribution in [3.8, 4) is 0 Å². The van der Waals surface area contributed by atoms with Crippen molar-refractivity contribution in [3.05, 3.63) is 59.3 Å². The van der Waals surface area contributed by atoms with Gasteiger partial charge in [0, 0.05) is 10.9 Å². The normalized spacial score (nSPS) is 16.7. The van der Waals surface area contributed by atoms with Crippen molar-refractivity contribution < 1.29 is 8.83 Å². The number of halogens is 1. The van der Waals surface area contributed by atoms with E-state index >= 15 is 0 Å². The summed E-state index contributed by atoms with van der Waals surface area (Å²) in [5, 5.41) is 0.686. The highest BCUT2D eigenvalue weighted by molar-refractivity contribution is 6.31. The average molecular weight is 368 g/mol. The molecule has 26 heavy (non-hydrogen) atoms. The fourth-order valence-electron chi connectivity index (χ4n) is 3.61. The van der Waals surface area contributed by atoms with Crippen LogP contribution in [0.1, 0.15) is 30.5 Å². The molecule has 0 amide bonds.